The molecule has 0 aromatic heterocycles. The van der Waals surface area contributed by atoms with E-state index in [4.69, 9.17) is 4.74 Å². The number of rotatable bonds is 6. The number of piperazine rings is 1. The monoisotopic (exact) mass is 333 g/mol. The highest BCUT2D eigenvalue weighted by Crippen LogP contribution is 2.17. The van der Waals surface area contributed by atoms with Crippen LogP contribution in [-0.4, -0.2) is 60.3 Å². The molecule has 0 atom stereocenters. The van der Waals surface area contributed by atoms with E-state index in [0.717, 1.165) is 12.2 Å². The van der Waals surface area contributed by atoms with Crippen LogP contribution in [0.15, 0.2) is 24.3 Å². The molecule has 3 amide bonds. The van der Waals surface area contributed by atoms with E-state index in [1.807, 2.05) is 13.8 Å². The minimum absolute atomic E-state index is 0.0859. The molecule has 24 heavy (non-hydrogen) atoms. The summed E-state index contributed by atoms with van der Waals surface area (Å²) in [5.74, 6) is 0.153. The highest BCUT2D eigenvalue weighted by molar-refractivity contribution is 6.03. The van der Waals surface area contributed by atoms with Gasteiger partial charge in [-0.1, -0.05) is 0 Å². The number of carbonyl (C=O) groups is 3. The fraction of sp³-hybridized carbons (Fsp3) is 0.471. The molecule has 2 rings (SSSR count). The molecule has 1 N–H and O–H groups in total. The highest BCUT2D eigenvalue weighted by Gasteiger charge is 2.22. The molecule has 7 heteroatoms. The molecule has 1 aromatic carbocycles. The van der Waals surface area contributed by atoms with Crippen LogP contribution in [0, 0.1) is 0 Å². The smallest absolute Gasteiger partial charge is 0.233 e. The molecule has 0 aliphatic carbocycles. The van der Waals surface area contributed by atoms with Crippen molar-refractivity contribution in [2.45, 2.75) is 26.4 Å². The lowest BCUT2D eigenvalue weighted by atomic mass is 10.2. The maximum absolute atomic E-state index is 12.1. The van der Waals surface area contributed by atoms with Crippen LogP contribution in [0.1, 0.15) is 20.3 Å². The maximum Gasteiger partial charge on any atom is 0.233 e. The zero-order valence-corrected chi connectivity index (χ0v) is 14.0. The highest BCUT2D eigenvalue weighted by atomic mass is 16.5. The van der Waals surface area contributed by atoms with Gasteiger partial charge in [-0.2, -0.15) is 0 Å². The van der Waals surface area contributed by atoms with Crippen LogP contribution in [0.4, 0.5) is 5.69 Å². The number of hydrogen-bond donors (Lipinski definition) is 1. The summed E-state index contributed by atoms with van der Waals surface area (Å²) < 4.78 is 5.53. The number of nitrogens with one attached hydrogen (secondary N) is 1. The fourth-order valence-corrected chi connectivity index (χ4v) is 2.42. The van der Waals surface area contributed by atoms with Gasteiger partial charge in [-0.05, 0) is 38.1 Å². The molecule has 130 valence electrons. The Morgan fingerprint density at radius 3 is 2.33 bits per heavy atom. The van der Waals surface area contributed by atoms with Crippen molar-refractivity contribution in [3.63, 3.8) is 0 Å². The molecule has 0 bridgehead atoms. The van der Waals surface area contributed by atoms with E-state index in [9.17, 15) is 14.4 Å². The number of benzene rings is 1. The number of carbonyl (C=O) groups excluding carboxylic acids is 3. The molecule has 1 aromatic rings. The van der Waals surface area contributed by atoms with Crippen LogP contribution in [0.2, 0.25) is 0 Å². The van der Waals surface area contributed by atoms with Gasteiger partial charge in [-0.25, -0.2) is 0 Å². The van der Waals surface area contributed by atoms with Crippen molar-refractivity contribution in [3.8, 4) is 5.75 Å². The molecule has 1 aliphatic heterocycles. The van der Waals surface area contributed by atoms with Gasteiger partial charge in [0, 0.05) is 31.9 Å². The number of hydrogen-bond acceptors (Lipinski definition) is 4. The van der Waals surface area contributed by atoms with Crippen molar-refractivity contribution >= 4 is 23.9 Å². The Morgan fingerprint density at radius 2 is 1.79 bits per heavy atom. The second kappa shape index (κ2) is 8.33. The van der Waals surface area contributed by atoms with E-state index < -0.39 is 0 Å². The van der Waals surface area contributed by atoms with Crippen LogP contribution >= 0.6 is 0 Å². The van der Waals surface area contributed by atoms with Gasteiger partial charge in [-0.15, -0.1) is 0 Å². The predicted octanol–water partition coefficient (Wildman–Crippen LogP) is 1.10. The lowest BCUT2D eigenvalue weighted by molar-refractivity contribution is -0.137. The minimum atomic E-state index is -0.352. The van der Waals surface area contributed by atoms with E-state index in [-0.39, 0.29) is 24.3 Å². The van der Waals surface area contributed by atoms with Crippen LogP contribution in [0.3, 0.4) is 0 Å². The number of anilines is 1. The molecular formula is C17H23N3O4. The summed E-state index contributed by atoms with van der Waals surface area (Å²) in [6, 6.07) is 7.03. The molecule has 0 saturated carbocycles. The summed E-state index contributed by atoms with van der Waals surface area (Å²) >= 11 is 0. The van der Waals surface area contributed by atoms with Gasteiger partial charge in [0.1, 0.15) is 12.2 Å². The Bertz CT molecular complexity index is 578. The third kappa shape index (κ3) is 5.26. The third-order valence-corrected chi connectivity index (χ3v) is 3.64. The molecule has 1 fully saturated rings. The Morgan fingerprint density at radius 1 is 1.17 bits per heavy atom. The molecule has 1 heterocycles. The molecule has 7 nitrogen and oxygen atoms in total. The zero-order chi connectivity index (χ0) is 17.5. The third-order valence-electron chi connectivity index (χ3n) is 3.64. The standard InChI is InChI=1S/C17H23N3O4/c1-13(2)24-15-5-3-14(4-6-15)18-16(22)11-17(23)20-9-7-19(12-21)8-10-20/h3-6,12-13H,7-11H2,1-2H3,(H,18,22). The van der Waals surface area contributed by atoms with Crippen LogP contribution in [0.5, 0.6) is 5.75 Å². The lowest BCUT2D eigenvalue weighted by Crippen LogP contribution is -2.48. The van der Waals surface area contributed by atoms with E-state index in [2.05, 4.69) is 5.32 Å². The average Bonchev–Trinajstić information content (AvgIpc) is 2.56. The van der Waals surface area contributed by atoms with Crippen molar-refractivity contribution in [3.05, 3.63) is 24.3 Å². The van der Waals surface area contributed by atoms with Gasteiger partial charge in [0.05, 0.1) is 6.10 Å². The van der Waals surface area contributed by atoms with Crippen LogP contribution < -0.4 is 10.1 Å². The van der Waals surface area contributed by atoms with Gasteiger partial charge in [0.15, 0.2) is 0 Å². The van der Waals surface area contributed by atoms with E-state index in [0.29, 0.717) is 31.9 Å². The SMILES string of the molecule is CC(C)Oc1ccc(NC(=O)CC(=O)N2CCN(C=O)CC2)cc1. The van der Waals surface area contributed by atoms with E-state index >= 15 is 0 Å². The number of ether oxygens (including phenoxy) is 1. The Balaban J connectivity index is 1.80. The Hall–Kier alpha value is -2.57. The second-order valence-corrected chi connectivity index (χ2v) is 5.94. The largest absolute Gasteiger partial charge is 0.491 e. The zero-order valence-electron chi connectivity index (χ0n) is 14.0. The first-order chi connectivity index (χ1) is 11.5. The van der Waals surface area contributed by atoms with Gasteiger partial charge >= 0.3 is 0 Å². The Kier molecular flexibility index (Phi) is 6.17. The fourth-order valence-electron chi connectivity index (χ4n) is 2.42. The van der Waals surface area contributed by atoms with Crippen molar-refractivity contribution in [2.75, 3.05) is 31.5 Å². The predicted molar refractivity (Wildman–Crippen MR) is 89.7 cm³/mol. The summed E-state index contributed by atoms with van der Waals surface area (Å²) in [4.78, 5) is 38.0. The second-order valence-electron chi connectivity index (χ2n) is 5.94. The van der Waals surface area contributed by atoms with Gasteiger partial charge < -0.3 is 19.9 Å². The molecule has 1 saturated heterocycles. The molecular weight excluding hydrogens is 310 g/mol. The van der Waals surface area contributed by atoms with Gasteiger partial charge in [0.25, 0.3) is 0 Å². The summed E-state index contributed by atoms with van der Waals surface area (Å²) in [5.41, 5.74) is 0.620. The van der Waals surface area contributed by atoms with E-state index in [1.54, 1.807) is 34.1 Å². The lowest BCUT2D eigenvalue weighted by Gasteiger charge is -2.32. The van der Waals surface area contributed by atoms with Gasteiger partial charge in [-0.3, -0.25) is 14.4 Å². The van der Waals surface area contributed by atoms with Crippen LogP contribution in [-0.2, 0) is 14.4 Å². The topological polar surface area (TPSA) is 79.0 Å². The average molecular weight is 333 g/mol. The summed E-state index contributed by atoms with van der Waals surface area (Å²) in [7, 11) is 0. The molecule has 0 spiro atoms. The van der Waals surface area contributed by atoms with Crippen LogP contribution in [0.25, 0.3) is 0 Å². The quantitative estimate of drug-likeness (QED) is 0.625. The van der Waals surface area contributed by atoms with Crippen molar-refractivity contribution in [1.82, 2.24) is 9.80 Å². The summed E-state index contributed by atoms with van der Waals surface area (Å²) in [6.45, 7) is 5.83. The molecule has 0 unspecified atom stereocenters. The normalized spacial score (nSPS) is 14.5. The first kappa shape index (κ1) is 17.8. The Labute approximate surface area is 141 Å². The number of amides is 3. The minimum Gasteiger partial charge on any atom is -0.491 e. The first-order valence-corrected chi connectivity index (χ1v) is 8.01. The summed E-state index contributed by atoms with van der Waals surface area (Å²) in [6.07, 6.45) is 0.662. The van der Waals surface area contributed by atoms with Crippen molar-refractivity contribution in [1.29, 1.82) is 0 Å². The molecule has 0 radical (unpaired) electrons. The van der Waals surface area contributed by atoms with Crippen molar-refractivity contribution in [2.24, 2.45) is 0 Å². The maximum atomic E-state index is 12.1. The molecule has 1 aliphatic rings. The van der Waals surface area contributed by atoms with Gasteiger partial charge in [0.2, 0.25) is 18.2 Å². The number of nitrogens with zero attached hydrogens (tertiary/aromatic N) is 2. The van der Waals surface area contributed by atoms with E-state index in [1.165, 1.54) is 0 Å². The summed E-state index contributed by atoms with van der Waals surface area (Å²) in [5, 5.41) is 2.70. The van der Waals surface area contributed by atoms with Crippen molar-refractivity contribution < 1.29 is 19.1 Å². The first-order valence-electron chi connectivity index (χ1n) is 8.01.